The number of carbonyl (C=O) groups excluding carboxylic acids is 3. The molecule has 18 aromatic rings. The molecule has 0 spiro atoms. The van der Waals surface area contributed by atoms with Crippen molar-refractivity contribution in [1.82, 2.24) is 77.9 Å². The zero-order valence-corrected chi connectivity index (χ0v) is 75.0. The monoisotopic (exact) mass is 1820 g/mol. The zero-order valence-electron chi connectivity index (χ0n) is 75.0. The van der Waals surface area contributed by atoms with Crippen molar-refractivity contribution >= 4 is 97.2 Å². The van der Waals surface area contributed by atoms with Crippen molar-refractivity contribution in [1.29, 1.82) is 0 Å². The Morgan fingerprint density at radius 3 is 1.24 bits per heavy atom. The van der Waals surface area contributed by atoms with E-state index in [2.05, 4.69) is 99.8 Å². The summed E-state index contributed by atoms with van der Waals surface area (Å²) in [5.41, 5.74) is 22.2. The van der Waals surface area contributed by atoms with E-state index < -0.39 is 0 Å². The molecule has 10 N–H and O–H groups in total. The van der Waals surface area contributed by atoms with Crippen molar-refractivity contribution < 1.29 is 28.2 Å². The first-order chi connectivity index (χ1) is 66.4. The number of piperazine rings is 1. The van der Waals surface area contributed by atoms with E-state index in [1.807, 2.05) is 225 Å². The third-order valence-corrected chi connectivity index (χ3v) is 23.3. The summed E-state index contributed by atoms with van der Waals surface area (Å²) in [5.74, 6) is -0.472. The Kier molecular flexibility index (Phi) is 28.3. The van der Waals surface area contributed by atoms with Crippen LogP contribution in [-0.2, 0) is 22.6 Å². The minimum Gasteiger partial charge on any atom is -0.383 e. The Morgan fingerprint density at radius 2 is 0.838 bits per heavy atom. The lowest BCUT2D eigenvalue weighted by molar-refractivity contribution is 0.0628. The standard InChI is InChI=1S/C30H27FN6O2.C28H26N6O2.C24H25N5O3.C22H21N5O2/c31-24-5-1-21(2-6-24)20-35-15-17-36(18-16-35)30(39)22-3-7-25(8-4-22)34-26-9-10-27(37-14-13-33-29(26)37)23-11-12-32-28(38)19-23;1-33(2)23-9-3-19(4-10-23)18-31-28(36)20-5-7-22(8-6-20)32-24-11-12-25(34-16-15-30-27(24)34)21-13-14-29-26(35)17-21;1-3-18(15-32-2)28-24(31)16-4-6-19(7-5-16)27-20-8-9-21(29-13-12-26-23(20)29)17-10-11-25-22(30)14-17;28-21-14-16(6-7-23-21)20-5-4-19(22-24-8-9-27(20)22)25-17-2-1-3-18(15-17)26-10-12-29-13-11-26/h1-14,19,34H,15-18,20H2,(H,32,38);3-17,32H,18H2,1-2H3,(H,29,35)(H,31,36);4-14,18,27H,3,15H2,1-2H3,(H,25,30)(H,28,31);1-9,14-15,25H,10-13H2,(H,23,28). The van der Waals surface area contributed by atoms with Gasteiger partial charge in [-0.15, -0.1) is 0 Å². The molecule has 686 valence electrons. The molecule has 2 aliphatic heterocycles. The number of halogens is 1. The molecule has 12 aromatic heterocycles. The van der Waals surface area contributed by atoms with E-state index in [9.17, 15) is 38.0 Å². The SMILES string of the molecule is CCC(COC)NC(=O)c1ccc(Nc2ccc(-c3cc[nH]c(=O)c3)n3ccnc23)cc1.CN(C)c1ccc(CNC(=O)c2ccc(Nc3ccc(-c4cc[nH]c(=O)c4)n4ccnc34)cc2)cc1.O=C(c1ccc(Nc2ccc(-c3cc[nH]c(=O)c3)n3ccnc23)cc1)N1CCN(Cc2ccc(F)cc2)CC1.O=c1cc(-c2ccc(Nc3cccc(N4CCOCC4)c3)c3nccn23)cc[nH]1. The molecule has 0 saturated carbocycles. The van der Waals surface area contributed by atoms with Crippen LogP contribution in [0.1, 0.15) is 55.5 Å². The minimum atomic E-state index is -0.231. The molecular formula is C104H99FN22O9. The Morgan fingerprint density at radius 1 is 0.441 bits per heavy atom. The van der Waals surface area contributed by atoms with Crippen molar-refractivity contribution in [2.24, 2.45) is 0 Å². The van der Waals surface area contributed by atoms with Gasteiger partial charge in [0.1, 0.15) is 5.82 Å². The largest absolute Gasteiger partial charge is 0.383 e. The number of aromatic amines is 4. The molecule has 0 radical (unpaired) electrons. The highest BCUT2D eigenvalue weighted by molar-refractivity contribution is 5.97. The maximum atomic E-state index is 13.2. The van der Waals surface area contributed by atoms with E-state index in [1.165, 1.54) is 17.8 Å². The molecule has 2 aliphatic rings. The van der Waals surface area contributed by atoms with Crippen molar-refractivity contribution in [3.05, 3.63) is 392 Å². The maximum Gasteiger partial charge on any atom is 0.253 e. The number of morpholine rings is 1. The van der Waals surface area contributed by atoms with Crippen molar-refractivity contribution in [2.75, 3.05) is 111 Å². The molecule has 14 heterocycles. The molecule has 2 fully saturated rings. The molecule has 31 nitrogen and oxygen atoms in total. The molecule has 0 aliphatic carbocycles. The van der Waals surface area contributed by atoms with Gasteiger partial charge < -0.3 is 76.0 Å². The predicted octanol–water partition coefficient (Wildman–Crippen LogP) is 15.8. The van der Waals surface area contributed by atoms with Gasteiger partial charge in [0.25, 0.3) is 17.7 Å². The molecule has 1 atom stereocenters. The van der Waals surface area contributed by atoms with Gasteiger partial charge in [-0.25, -0.2) is 24.3 Å². The molecule has 3 amide bonds. The Balaban J connectivity index is 0.000000127. The van der Waals surface area contributed by atoms with Crippen LogP contribution in [0.3, 0.4) is 0 Å². The van der Waals surface area contributed by atoms with E-state index in [4.69, 9.17) is 9.47 Å². The van der Waals surface area contributed by atoms with Crippen LogP contribution in [0.5, 0.6) is 0 Å². The summed E-state index contributed by atoms with van der Waals surface area (Å²) >= 11 is 0. The van der Waals surface area contributed by atoms with Crippen LogP contribution < -0.4 is 63.9 Å². The predicted molar refractivity (Wildman–Crippen MR) is 530 cm³/mol. The highest BCUT2D eigenvalue weighted by atomic mass is 19.1. The summed E-state index contributed by atoms with van der Waals surface area (Å²) in [4.78, 5) is 122. The number of nitrogens with one attached hydrogen (secondary N) is 10. The van der Waals surface area contributed by atoms with Gasteiger partial charge >= 0.3 is 0 Å². The molecule has 6 aromatic carbocycles. The second-order valence-electron chi connectivity index (χ2n) is 32.6. The van der Waals surface area contributed by atoms with Crippen LogP contribution in [0.2, 0.25) is 0 Å². The number of hydrogen-bond acceptors (Lipinski definition) is 20. The average Bonchev–Trinajstić information content (AvgIpc) is 1.58. The summed E-state index contributed by atoms with van der Waals surface area (Å²) in [5, 5.41) is 19.6. The Bertz CT molecular complexity index is 7480. The molecule has 136 heavy (non-hydrogen) atoms. The average molecular weight is 1820 g/mol. The van der Waals surface area contributed by atoms with Gasteiger partial charge in [-0.2, -0.15) is 0 Å². The van der Waals surface area contributed by atoms with E-state index in [-0.39, 0.29) is 51.8 Å². The number of pyridine rings is 8. The smallest absolute Gasteiger partial charge is 0.253 e. The van der Waals surface area contributed by atoms with Crippen LogP contribution in [0.15, 0.2) is 336 Å². The van der Waals surface area contributed by atoms with E-state index in [0.29, 0.717) is 42.9 Å². The minimum absolute atomic E-state index is 0.0147. The number of anilines is 10. The number of amides is 3. The summed E-state index contributed by atoms with van der Waals surface area (Å²) in [6.45, 7) is 9.87. The Labute approximate surface area is 780 Å². The number of H-pyrrole nitrogens is 4. The van der Waals surface area contributed by atoms with Crippen molar-refractivity contribution in [3.8, 4) is 45.0 Å². The summed E-state index contributed by atoms with van der Waals surface area (Å²) in [6, 6.07) is 74.4. The fourth-order valence-corrected chi connectivity index (χ4v) is 16.2. The molecular weight excluding hydrogens is 1720 g/mol. The lowest BCUT2D eigenvalue weighted by atomic mass is 10.1. The number of methoxy groups -OCH3 is 1. The number of rotatable bonds is 25. The van der Waals surface area contributed by atoms with Gasteiger partial charge in [-0.05, 0) is 206 Å². The van der Waals surface area contributed by atoms with Crippen LogP contribution in [0, 0.1) is 5.82 Å². The number of carbonyl (C=O) groups is 3. The Hall–Kier alpha value is -17.1. The van der Waals surface area contributed by atoms with E-state index in [1.54, 1.807) is 117 Å². The quantitative estimate of drug-likeness (QED) is 0.0254. The second kappa shape index (κ2) is 42.4. The van der Waals surface area contributed by atoms with Crippen molar-refractivity contribution in [3.63, 3.8) is 0 Å². The van der Waals surface area contributed by atoms with Gasteiger partial charge in [0.15, 0.2) is 22.6 Å². The molecule has 2 saturated heterocycles. The van der Waals surface area contributed by atoms with Crippen LogP contribution in [0.4, 0.5) is 61.3 Å². The fraction of sp³-hybridized carbons (Fsp3) is 0.163. The van der Waals surface area contributed by atoms with Gasteiger partial charge in [0.05, 0.1) is 71.4 Å². The number of hydrogen-bond donors (Lipinski definition) is 10. The summed E-state index contributed by atoms with van der Waals surface area (Å²) in [7, 11) is 5.62. The molecule has 32 heteroatoms. The zero-order chi connectivity index (χ0) is 94.0. The lowest BCUT2D eigenvalue weighted by Gasteiger charge is -2.34. The molecule has 20 rings (SSSR count). The van der Waals surface area contributed by atoms with Crippen LogP contribution in [-0.4, -0.2) is 171 Å². The van der Waals surface area contributed by atoms with Crippen molar-refractivity contribution in [2.45, 2.75) is 32.5 Å². The number of nitrogens with zero attached hydrogens (tertiary/aromatic N) is 12. The molecule has 0 bridgehead atoms. The van der Waals surface area contributed by atoms with E-state index >= 15 is 0 Å². The second-order valence-corrected chi connectivity index (χ2v) is 32.6. The van der Waals surface area contributed by atoms with E-state index in [0.717, 1.165) is 182 Å². The number of imidazole rings is 4. The van der Waals surface area contributed by atoms with Gasteiger partial charge in [-0.3, -0.25) is 56.1 Å². The fourth-order valence-electron chi connectivity index (χ4n) is 16.2. The number of fused-ring (bicyclic) bond motifs is 4. The summed E-state index contributed by atoms with van der Waals surface area (Å²) < 4.78 is 31.5. The van der Waals surface area contributed by atoms with Gasteiger partial charge in [0, 0.05) is 245 Å². The van der Waals surface area contributed by atoms with Gasteiger partial charge in [-0.1, -0.05) is 37.3 Å². The topological polar surface area (TPSA) is 355 Å². The first-order valence-electron chi connectivity index (χ1n) is 44.4. The third kappa shape index (κ3) is 22.0. The first-order valence-corrected chi connectivity index (χ1v) is 44.4. The highest BCUT2D eigenvalue weighted by Gasteiger charge is 2.24. The first kappa shape index (κ1) is 90.8. The van der Waals surface area contributed by atoms with Crippen LogP contribution in [0.25, 0.3) is 67.6 Å². The lowest BCUT2D eigenvalue weighted by Crippen LogP contribution is -2.48. The number of benzene rings is 6. The van der Waals surface area contributed by atoms with Crippen LogP contribution >= 0.6 is 0 Å². The maximum absolute atomic E-state index is 13.2. The number of ether oxygens (including phenoxy) is 2. The number of aromatic nitrogens is 12. The highest BCUT2D eigenvalue weighted by Crippen LogP contribution is 2.34. The summed E-state index contributed by atoms with van der Waals surface area (Å²) in [6.07, 6.45) is 21.7. The third-order valence-electron chi connectivity index (χ3n) is 23.3. The molecule has 1 unspecified atom stereocenters. The normalized spacial score (nSPS) is 12.7. The van der Waals surface area contributed by atoms with Gasteiger partial charge in [0.2, 0.25) is 22.2 Å².